The third-order valence-electron chi connectivity index (χ3n) is 4.73. The molecule has 3 aromatic rings. The van der Waals surface area contributed by atoms with E-state index in [1.165, 1.54) is 36.4 Å². The van der Waals surface area contributed by atoms with Gasteiger partial charge in [-0.25, -0.2) is 26.4 Å². The van der Waals surface area contributed by atoms with Crippen LogP contribution in [0, 0.1) is 6.92 Å². The quantitative estimate of drug-likeness (QED) is 0.509. The number of hydrogen-bond donors (Lipinski definition) is 2. The minimum absolute atomic E-state index is 0. The third-order valence-corrected chi connectivity index (χ3v) is 7.90. The first-order valence-electron chi connectivity index (χ1n) is 8.36. The molecule has 154 valence electrons. The first-order chi connectivity index (χ1) is 14.0. The molecule has 0 saturated carbocycles. The van der Waals surface area contributed by atoms with E-state index in [2.05, 4.69) is 4.72 Å². The number of aromatic carboxylic acids is 2. The minimum Gasteiger partial charge on any atom is -0.571 e. The number of carboxylic acids is 2. The third kappa shape index (κ3) is 3.42. The topological polar surface area (TPSA) is 157 Å². The zero-order valence-corrected chi connectivity index (χ0v) is 19.8. The van der Waals surface area contributed by atoms with Gasteiger partial charge in [0.25, 0.3) is 0 Å². The number of sulfone groups is 1. The molecule has 0 radical (unpaired) electrons. The summed E-state index contributed by atoms with van der Waals surface area (Å²) >= 11 is 0. The predicted molar refractivity (Wildman–Crippen MR) is 105 cm³/mol. The summed E-state index contributed by atoms with van der Waals surface area (Å²) in [6.45, 7) is 1.74. The Bertz CT molecular complexity index is 1490. The fourth-order valence-electron chi connectivity index (χ4n) is 3.42. The maximum absolute atomic E-state index is 13.4. The average Bonchev–Trinajstić information content (AvgIpc) is 2.65. The van der Waals surface area contributed by atoms with E-state index >= 15 is 0 Å². The molecule has 0 unspecified atom stereocenters. The van der Waals surface area contributed by atoms with Crippen LogP contribution in [0.15, 0.2) is 57.2 Å². The molecule has 0 fully saturated rings. The van der Waals surface area contributed by atoms with Crippen molar-refractivity contribution >= 4 is 48.3 Å². The van der Waals surface area contributed by atoms with Crippen LogP contribution in [0.3, 0.4) is 0 Å². The monoisotopic (exact) mass is 469 g/mol. The number of rotatable bonds is 4. The van der Waals surface area contributed by atoms with Crippen molar-refractivity contribution in [2.24, 2.45) is 0 Å². The maximum atomic E-state index is 13.4. The molecule has 0 atom stereocenters. The Kier molecular flexibility index (Phi) is 5.70. The second kappa shape index (κ2) is 7.61. The summed E-state index contributed by atoms with van der Waals surface area (Å²) in [6, 6.07) is 9.15. The van der Waals surface area contributed by atoms with Crippen molar-refractivity contribution < 1.29 is 66.2 Å². The van der Waals surface area contributed by atoms with Crippen LogP contribution >= 0.6 is 0 Å². The SMILES string of the molecule is Cc1ccc(S(=O)(=O)c2c3c(c(C(=O)O)c4cccc(C(=O)O)c24)S(=O)(=O)[N-]3)cc1.[Na+]. The van der Waals surface area contributed by atoms with Crippen molar-refractivity contribution in [1.29, 1.82) is 0 Å². The van der Waals surface area contributed by atoms with E-state index < -0.39 is 63.8 Å². The summed E-state index contributed by atoms with van der Waals surface area (Å²) in [5.41, 5.74) is -0.996. The van der Waals surface area contributed by atoms with Gasteiger partial charge in [0.05, 0.1) is 25.8 Å². The zero-order chi connectivity index (χ0) is 22.0. The standard InChI is InChI=1S/C19H12NO8S2.Na/c1-9-5-7-10(8-6-9)29(25,26)16-13-11(3-2-4-12(13)18(21)22)14(19(23)24)17-15(16)20-30(17,27)28;/h2-8H,1H3,(H,21,22)(H,23,24);/q-1;+1. The molecule has 31 heavy (non-hydrogen) atoms. The molecule has 3 aromatic carbocycles. The summed E-state index contributed by atoms with van der Waals surface area (Å²) in [4.78, 5) is 22.1. The summed E-state index contributed by atoms with van der Waals surface area (Å²) < 4.78 is 54.7. The number of sulfonamides is 1. The van der Waals surface area contributed by atoms with Crippen LogP contribution in [0.25, 0.3) is 15.5 Å². The smallest absolute Gasteiger partial charge is 0.571 e. The summed E-state index contributed by atoms with van der Waals surface area (Å²) in [5.74, 6) is -3.14. The van der Waals surface area contributed by atoms with Gasteiger partial charge in [-0.3, -0.25) is 0 Å². The van der Waals surface area contributed by atoms with Gasteiger partial charge in [-0.15, -0.1) is 0 Å². The average molecular weight is 469 g/mol. The first-order valence-corrected chi connectivity index (χ1v) is 11.3. The molecule has 1 heterocycles. The molecule has 1 aliphatic heterocycles. The molecule has 2 N–H and O–H groups in total. The molecule has 0 saturated heterocycles. The number of hydrogen-bond acceptors (Lipinski definition) is 6. The number of aryl methyl sites for hydroxylation is 1. The molecular weight excluding hydrogens is 457 g/mol. The van der Waals surface area contributed by atoms with Gasteiger partial charge in [0.2, 0.25) is 9.84 Å². The van der Waals surface area contributed by atoms with Gasteiger partial charge in [0.15, 0.2) is 0 Å². The van der Waals surface area contributed by atoms with E-state index in [0.29, 0.717) is 0 Å². The molecule has 12 heteroatoms. The van der Waals surface area contributed by atoms with Crippen molar-refractivity contribution in [1.82, 2.24) is 0 Å². The Morgan fingerprint density at radius 1 is 0.968 bits per heavy atom. The molecule has 0 spiro atoms. The Morgan fingerprint density at radius 2 is 1.58 bits per heavy atom. The van der Waals surface area contributed by atoms with Crippen LogP contribution in [0.4, 0.5) is 5.69 Å². The van der Waals surface area contributed by atoms with Crippen molar-refractivity contribution in [2.75, 3.05) is 0 Å². The summed E-state index contributed by atoms with van der Waals surface area (Å²) in [5, 5.41) is 18.5. The predicted octanol–water partition coefficient (Wildman–Crippen LogP) is 0.0889. The molecule has 0 amide bonds. The number of benzene rings is 3. The number of fused-ring (bicyclic) bond motifs is 2. The van der Waals surface area contributed by atoms with Crippen LogP contribution in [0.2, 0.25) is 0 Å². The molecule has 1 aliphatic rings. The second-order valence-electron chi connectivity index (χ2n) is 6.60. The van der Waals surface area contributed by atoms with E-state index in [1.54, 1.807) is 6.92 Å². The van der Waals surface area contributed by atoms with Crippen LogP contribution < -0.4 is 29.6 Å². The largest absolute Gasteiger partial charge is 1.00 e. The van der Waals surface area contributed by atoms with E-state index in [1.807, 2.05) is 0 Å². The molecule has 4 rings (SSSR count). The van der Waals surface area contributed by atoms with Gasteiger partial charge in [0.1, 0.15) is 10.0 Å². The second-order valence-corrected chi connectivity index (χ2v) is 10.0. The molecule has 0 aliphatic carbocycles. The van der Waals surface area contributed by atoms with Gasteiger partial charge in [-0.2, -0.15) is 0 Å². The first kappa shape index (κ1) is 23.2. The fourth-order valence-corrected chi connectivity index (χ4v) is 6.39. The Labute approximate surface area is 199 Å². The molecule has 9 nitrogen and oxygen atoms in total. The van der Waals surface area contributed by atoms with Crippen LogP contribution in [0.1, 0.15) is 26.3 Å². The van der Waals surface area contributed by atoms with Gasteiger partial charge >= 0.3 is 41.5 Å². The van der Waals surface area contributed by atoms with Gasteiger partial charge < -0.3 is 14.9 Å². The van der Waals surface area contributed by atoms with Crippen molar-refractivity contribution in [3.8, 4) is 0 Å². The number of carbonyl (C=O) groups is 2. The van der Waals surface area contributed by atoms with Crippen LogP contribution in [-0.4, -0.2) is 39.0 Å². The number of carboxylic acid groups (broad SMARTS) is 2. The Balaban J connectivity index is 0.00000272. The summed E-state index contributed by atoms with van der Waals surface area (Å²) in [6.07, 6.45) is 0. The summed E-state index contributed by atoms with van der Waals surface area (Å²) in [7, 11) is -8.83. The van der Waals surface area contributed by atoms with E-state index in [0.717, 1.165) is 11.6 Å². The molecule has 0 bridgehead atoms. The number of nitrogens with zero attached hydrogens (tertiary/aromatic N) is 1. The fraction of sp³-hybridized carbons (Fsp3) is 0.0526. The minimum atomic E-state index is -4.45. The van der Waals surface area contributed by atoms with Crippen LogP contribution in [-0.2, 0) is 19.9 Å². The van der Waals surface area contributed by atoms with Gasteiger partial charge in [-0.1, -0.05) is 35.5 Å². The zero-order valence-electron chi connectivity index (χ0n) is 16.1. The molecular formula is C19H12NNaO8S2. The van der Waals surface area contributed by atoms with Gasteiger partial charge in [0, 0.05) is 5.39 Å². The molecule has 0 aromatic heterocycles. The van der Waals surface area contributed by atoms with Crippen molar-refractivity contribution in [2.45, 2.75) is 21.6 Å². The van der Waals surface area contributed by atoms with Crippen LogP contribution in [0.5, 0.6) is 0 Å². The van der Waals surface area contributed by atoms with E-state index in [-0.39, 0.29) is 39.8 Å². The van der Waals surface area contributed by atoms with Crippen molar-refractivity contribution in [3.63, 3.8) is 0 Å². The van der Waals surface area contributed by atoms with Crippen molar-refractivity contribution in [3.05, 3.63) is 63.9 Å². The van der Waals surface area contributed by atoms with E-state index in [9.17, 15) is 36.6 Å². The van der Waals surface area contributed by atoms with E-state index in [4.69, 9.17) is 0 Å². The normalized spacial score (nSPS) is 14.0. The Hall–Kier alpha value is -2.44. The van der Waals surface area contributed by atoms with Gasteiger partial charge in [-0.05, 0) is 30.5 Å². The Morgan fingerprint density at radius 3 is 2.10 bits per heavy atom. The maximum Gasteiger partial charge on any atom is 1.00 e.